The standard InChI is InChI=1S/C22H26N6O3/c1-3-11-27(12-4-2)15-21(29)24-17-5-7-18(8-6-17)25-22-23-14-16-13-19(28(30)31)9-10-20(16)26-22/h5-10,13-14H,3-4,11-12,15H2,1-2H3,(H,24,29)(H,23,25,26). The van der Waals surface area contributed by atoms with Crippen molar-refractivity contribution in [3.63, 3.8) is 0 Å². The fourth-order valence-electron chi connectivity index (χ4n) is 3.27. The number of amides is 1. The first-order valence-electron chi connectivity index (χ1n) is 10.3. The molecule has 0 bridgehead atoms. The number of nitro benzene ring substituents is 1. The predicted octanol–water partition coefficient (Wildman–Crippen LogP) is 4.34. The Balaban J connectivity index is 1.61. The molecule has 162 valence electrons. The van der Waals surface area contributed by atoms with Gasteiger partial charge in [0.1, 0.15) is 0 Å². The van der Waals surface area contributed by atoms with Gasteiger partial charge < -0.3 is 10.6 Å². The van der Waals surface area contributed by atoms with Gasteiger partial charge in [-0.3, -0.25) is 19.8 Å². The van der Waals surface area contributed by atoms with Crippen molar-refractivity contribution in [3.8, 4) is 0 Å². The number of hydrogen-bond acceptors (Lipinski definition) is 7. The minimum absolute atomic E-state index is 0.00181. The molecule has 0 unspecified atom stereocenters. The lowest BCUT2D eigenvalue weighted by Gasteiger charge is -2.20. The van der Waals surface area contributed by atoms with Crippen LogP contribution >= 0.6 is 0 Å². The molecule has 9 heteroatoms. The molecule has 2 aromatic carbocycles. The van der Waals surface area contributed by atoms with E-state index < -0.39 is 4.92 Å². The molecular formula is C22H26N6O3. The van der Waals surface area contributed by atoms with Crippen molar-refractivity contribution in [3.05, 3.63) is 58.8 Å². The highest BCUT2D eigenvalue weighted by Crippen LogP contribution is 2.22. The number of nitrogens with zero attached hydrogens (tertiary/aromatic N) is 4. The normalized spacial score (nSPS) is 10.9. The molecule has 1 amide bonds. The number of non-ortho nitro benzene ring substituents is 1. The first-order valence-corrected chi connectivity index (χ1v) is 10.3. The first-order chi connectivity index (χ1) is 15.0. The molecule has 31 heavy (non-hydrogen) atoms. The van der Waals surface area contributed by atoms with Gasteiger partial charge in [0.2, 0.25) is 11.9 Å². The third-order valence-corrected chi connectivity index (χ3v) is 4.65. The summed E-state index contributed by atoms with van der Waals surface area (Å²) in [6, 6.07) is 11.7. The number of carbonyl (C=O) groups excluding carboxylic acids is 1. The zero-order valence-electron chi connectivity index (χ0n) is 17.7. The van der Waals surface area contributed by atoms with Crippen molar-refractivity contribution in [1.82, 2.24) is 14.9 Å². The van der Waals surface area contributed by atoms with Gasteiger partial charge in [0.25, 0.3) is 5.69 Å². The SMILES string of the molecule is CCCN(CCC)CC(=O)Nc1ccc(Nc2ncc3cc([N+](=O)[O-])ccc3n2)cc1. The number of rotatable bonds is 10. The summed E-state index contributed by atoms with van der Waals surface area (Å²) < 4.78 is 0. The number of nitrogens with one attached hydrogen (secondary N) is 2. The molecule has 0 aliphatic rings. The Kier molecular flexibility index (Phi) is 7.45. The maximum atomic E-state index is 12.3. The Morgan fingerprint density at radius 1 is 1.06 bits per heavy atom. The summed E-state index contributed by atoms with van der Waals surface area (Å²) in [5.74, 6) is 0.350. The summed E-state index contributed by atoms with van der Waals surface area (Å²) in [5, 5.41) is 17.5. The smallest absolute Gasteiger partial charge is 0.270 e. The Bertz CT molecular complexity index is 1050. The van der Waals surface area contributed by atoms with E-state index in [1.54, 1.807) is 12.3 Å². The molecule has 0 saturated heterocycles. The van der Waals surface area contributed by atoms with E-state index in [9.17, 15) is 14.9 Å². The zero-order valence-corrected chi connectivity index (χ0v) is 17.7. The molecule has 1 aromatic heterocycles. The summed E-state index contributed by atoms with van der Waals surface area (Å²) in [5.41, 5.74) is 2.09. The van der Waals surface area contributed by atoms with Crippen LogP contribution in [-0.2, 0) is 4.79 Å². The number of aromatic nitrogens is 2. The van der Waals surface area contributed by atoms with Crippen LogP contribution in [0.15, 0.2) is 48.7 Å². The van der Waals surface area contributed by atoms with Crippen molar-refractivity contribution >= 4 is 39.8 Å². The van der Waals surface area contributed by atoms with Gasteiger partial charge in [-0.25, -0.2) is 9.97 Å². The second-order valence-electron chi connectivity index (χ2n) is 7.22. The largest absolute Gasteiger partial charge is 0.325 e. The van der Waals surface area contributed by atoms with E-state index in [0.29, 0.717) is 23.4 Å². The van der Waals surface area contributed by atoms with Gasteiger partial charge in [-0.15, -0.1) is 0 Å². The average Bonchev–Trinajstić information content (AvgIpc) is 2.75. The molecule has 0 aliphatic heterocycles. The number of benzene rings is 2. The molecule has 0 aliphatic carbocycles. The summed E-state index contributed by atoms with van der Waals surface area (Å²) in [6.45, 7) is 6.40. The Morgan fingerprint density at radius 2 is 1.74 bits per heavy atom. The van der Waals surface area contributed by atoms with Crippen LogP contribution in [0.25, 0.3) is 10.9 Å². The van der Waals surface area contributed by atoms with Crippen molar-refractivity contribution < 1.29 is 9.72 Å². The van der Waals surface area contributed by atoms with Gasteiger partial charge in [-0.05, 0) is 56.3 Å². The molecule has 0 atom stereocenters. The van der Waals surface area contributed by atoms with Gasteiger partial charge in [0.05, 0.1) is 17.0 Å². The van der Waals surface area contributed by atoms with Gasteiger partial charge in [0, 0.05) is 35.1 Å². The van der Waals surface area contributed by atoms with Crippen LogP contribution < -0.4 is 10.6 Å². The number of anilines is 3. The lowest BCUT2D eigenvalue weighted by atomic mass is 10.2. The number of hydrogen-bond donors (Lipinski definition) is 2. The molecule has 0 radical (unpaired) electrons. The van der Waals surface area contributed by atoms with E-state index >= 15 is 0 Å². The molecule has 0 fully saturated rings. The van der Waals surface area contributed by atoms with E-state index in [2.05, 4.69) is 39.3 Å². The Morgan fingerprint density at radius 3 is 2.39 bits per heavy atom. The van der Waals surface area contributed by atoms with Crippen molar-refractivity contribution in [2.45, 2.75) is 26.7 Å². The molecule has 1 heterocycles. The van der Waals surface area contributed by atoms with Crippen LogP contribution in [0.2, 0.25) is 0 Å². The molecule has 0 saturated carbocycles. The monoisotopic (exact) mass is 422 g/mol. The molecule has 3 rings (SSSR count). The van der Waals surface area contributed by atoms with Crippen LogP contribution in [0.4, 0.5) is 23.0 Å². The lowest BCUT2D eigenvalue weighted by Crippen LogP contribution is -2.34. The maximum Gasteiger partial charge on any atom is 0.270 e. The second-order valence-corrected chi connectivity index (χ2v) is 7.22. The topological polar surface area (TPSA) is 113 Å². The highest BCUT2D eigenvalue weighted by Gasteiger charge is 2.10. The van der Waals surface area contributed by atoms with E-state index in [1.807, 2.05) is 24.3 Å². The van der Waals surface area contributed by atoms with E-state index in [1.165, 1.54) is 12.1 Å². The summed E-state index contributed by atoms with van der Waals surface area (Å²) in [6.07, 6.45) is 3.58. The summed E-state index contributed by atoms with van der Waals surface area (Å²) in [4.78, 5) is 33.5. The van der Waals surface area contributed by atoms with Crippen molar-refractivity contribution in [2.24, 2.45) is 0 Å². The quantitative estimate of drug-likeness (QED) is 0.369. The zero-order chi connectivity index (χ0) is 22.2. The molecule has 2 N–H and O–H groups in total. The summed E-state index contributed by atoms with van der Waals surface area (Å²) in [7, 11) is 0. The van der Waals surface area contributed by atoms with Crippen LogP contribution in [0, 0.1) is 10.1 Å². The minimum Gasteiger partial charge on any atom is -0.325 e. The lowest BCUT2D eigenvalue weighted by molar-refractivity contribution is -0.384. The van der Waals surface area contributed by atoms with Crippen molar-refractivity contribution in [1.29, 1.82) is 0 Å². The fourth-order valence-corrected chi connectivity index (χ4v) is 3.27. The average molecular weight is 422 g/mol. The molecule has 9 nitrogen and oxygen atoms in total. The van der Waals surface area contributed by atoms with Crippen LogP contribution in [0.1, 0.15) is 26.7 Å². The highest BCUT2D eigenvalue weighted by molar-refractivity contribution is 5.92. The van der Waals surface area contributed by atoms with Gasteiger partial charge >= 0.3 is 0 Å². The number of carbonyl (C=O) groups is 1. The number of nitro groups is 1. The highest BCUT2D eigenvalue weighted by atomic mass is 16.6. The molecule has 3 aromatic rings. The number of fused-ring (bicyclic) bond motifs is 1. The van der Waals surface area contributed by atoms with Gasteiger partial charge in [0.15, 0.2) is 0 Å². The van der Waals surface area contributed by atoms with Crippen LogP contribution in [-0.4, -0.2) is 45.3 Å². The third kappa shape index (κ3) is 6.19. The van der Waals surface area contributed by atoms with Crippen LogP contribution in [0.3, 0.4) is 0 Å². The Hall–Kier alpha value is -3.59. The second kappa shape index (κ2) is 10.4. The maximum absolute atomic E-state index is 12.3. The van der Waals surface area contributed by atoms with Gasteiger partial charge in [-0.2, -0.15) is 0 Å². The third-order valence-electron chi connectivity index (χ3n) is 4.65. The fraction of sp³-hybridized carbons (Fsp3) is 0.318. The van der Waals surface area contributed by atoms with E-state index in [-0.39, 0.29) is 11.6 Å². The molecule has 0 spiro atoms. The van der Waals surface area contributed by atoms with E-state index in [0.717, 1.165) is 37.3 Å². The van der Waals surface area contributed by atoms with Crippen LogP contribution in [0.5, 0.6) is 0 Å². The predicted molar refractivity (Wildman–Crippen MR) is 122 cm³/mol. The molecular weight excluding hydrogens is 396 g/mol. The minimum atomic E-state index is -0.447. The van der Waals surface area contributed by atoms with Crippen molar-refractivity contribution in [2.75, 3.05) is 30.3 Å². The first kappa shape index (κ1) is 22.1. The van der Waals surface area contributed by atoms with Gasteiger partial charge in [-0.1, -0.05) is 13.8 Å². The Labute approximate surface area is 180 Å². The summed E-state index contributed by atoms with van der Waals surface area (Å²) >= 11 is 0. The van der Waals surface area contributed by atoms with E-state index in [4.69, 9.17) is 0 Å².